The number of halogens is 1. The highest BCUT2D eigenvalue weighted by molar-refractivity contribution is 5.96. The molecule has 5 nitrogen and oxygen atoms in total. The zero-order valence-corrected chi connectivity index (χ0v) is 11.0. The largest absolute Gasteiger partial charge is 0.480 e. The lowest BCUT2D eigenvalue weighted by Gasteiger charge is -2.14. The third kappa shape index (κ3) is 3.85. The van der Waals surface area contributed by atoms with Crippen molar-refractivity contribution in [3.8, 4) is 0 Å². The Balaban J connectivity index is 2.12. The summed E-state index contributed by atoms with van der Waals surface area (Å²) in [6.07, 6.45) is 1.33. The van der Waals surface area contributed by atoms with E-state index in [0.29, 0.717) is 0 Å². The molecule has 1 aromatic carbocycles. The van der Waals surface area contributed by atoms with Gasteiger partial charge in [0.15, 0.2) is 0 Å². The lowest BCUT2D eigenvalue weighted by molar-refractivity contribution is -0.139. The quantitative estimate of drug-likeness (QED) is 0.820. The Labute approximate surface area is 120 Å². The Morgan fingerprint density at radius 1 is 1.19 bits per heavy atom. The topological polar surface area (TPSA) is 79.3 Å². The van der Waals surface area contributed by atoms with Crippen LogP contribution in [0.5, 0.6) is 0 Å². The number of hydrogen-bond acceptors (Lipinski definition) is 3. The highest BCUT2D eigenvalue weighted by atomic mass is 19.1. The number of carboxylic acid groups (broad SMARTS) is 1. The predicted octanol–water partition coefficient (Wildman–Crippen LogP) is 1.65. The van der Waals surface area contributed by atoms with Crippen molar-refractivity contribution in [2.24, 2.45) is 0 Å². The molecule has 1 atom stereocenters. The number of amides is 1. The second-order valence-corrected chi connectivity index (χ2v) is 4.40. The van der Waals surface area contributed by atoms with E-state index in [1.165, 1.54) is 18.3 Å². The molecule has 0 spiro atoms. The number of aliphatic carboxylic acids is 1. The molecule has 21 heavy (non-hydrogen) atoms. The minimum Gasteiger partial charge on any atom is -0.480 e. The standard InChI is InChI=1S/C15H13FN2O3/c16-13-11(7-4-8-17-13)14(19)18-12(15(20)21)9-10-5-2-1-3-6-10/h1-8,12H,9H2,(H,18,19)(H,20,21). The van der Waals surface area contributed by atoms with Gasteiger partial charge in [0.25, 0.3) is 5.91 Å². The van der Waals surface area contributed by atoms with E-state index in [0.717, 1.165) is 5.56 Å². The predicted molar refractivity (Wildman–Crippen MR) is 73.2 cm³/mol. The minimum atomic E-state index is -1.18. The maximum absolute atomic E-state index is 13.4. The summed E-state index contributed by atoms with van der Waals surface area (Å²) in [6.45, 7) is 0. The van der Waals surface area contributed by atoms with Crippen molar-refractivity contribution in [3.05, 3.63) is 65.7 Å². The average Bonchev–Trinajstić information content (AvgIpc) is 2.48. The van der Waals surface area contributed by atoms with Crippen LogP contribution in [0.25, 0.3) is 0 Å². The second-order valence-electron chi connectivity index (χ2n) is 4.40. The fourth-order valence-electron chi connectivity index (χ4n) is 1.84. The summed E-state index contributed by atoms with van der Waals surface area (Å²) in [4.78, 5) is 26.5. The number of benzene rings is 1. The van der Waals surface area contributed by atoms with Crippen LogP contribution in [0, 0.1) is 5.95 Å². The van der Waals surface area contributed by atoms with Crippen molar-refractivity contribution in [1.29, 1.82) is 0 Å². The average molecular weight is 288 g/mol. The molecule has 0 radical (unpaired) electrons. The molecule has 2 rings (SSSR count). The van der Waals surface area contributed by atoms with E-state index in [-0.39, 0.29) is 12.0 Å². The second kappa shape index (κ2) is 6.60. The molecule has 2 N–H and O–H groups in total. The Morgan fingerprint density at radius 3 is 2.52 bits per heavy atom. The molecule has 0 aliphatic rings. The fraction of sp³-hybridized carbons (Fsp3) is 0.133. The molecule has 1 amide bonds. The molecule has 0 fully saturated rings. The normalized spacial score (nSPS) is 11.7. The number of hydrogen-bond donors (Lipinski definition) is 2. The Hall–Kier alpha value is -2.76. The number of carbonyl (C=O) groups excluding carboxylic acids is 1. The van der Waals surface area contributed by atoms with Gasteiger partial charge in [-0.3, -0.25) is 4.79 Å². The number of rotatable bonds is 5. The van der Waals surface area contributed by atoms with Crippen molar-refractivity contribution < 1.29 is 19.1 Å². The maximum Gasteiger partial charge on any atom is 0.326 e. The van der Waals surface area contributed by atoms with Crippen molar-refractivity contribution in [2.75, 3.05) is 0 Å². The highest BCUT2D eigenvalue weighted by Gasteiger charge is 2.22. The minimum absolute atomic E-state index is 0.115. The van der Waals surface area contributed by atoms with Gasteiger partial charge in [-0.1, -0.05) is 30.3 Å². The molecule has 0 aliphatic heterocycles. The first kappa shape index (κ1) is 14.6. The van der Waals surface area contributed by atoms with Gasteiger partial charge in [-0.2, -0.15) is 4.39 Å². The lowest BCUT2D eigenvalue weighted by atomic mass is 10.1. The number of pyridine rings is 1. The van der Waals surface area contributed by atoms with Crippen LogP contribution >= 0.6 is 0 Å². The number of nitrogens with zero attached hydrogens (tertiary/aromatic N) is 1. The smallest absolute Gasteiger partial charge is 0.326 e. The van der Waals surface area contributed by atoms with Gasteiger partial charge in [0.2, 0.25) is 5.95 Å². The van der Waals surface area contributed by atoms with E-state index in [1.807, 2.05) is 6.07 Å². The van der Waals surface area contributed by atoms with Crippen LogP contribution in [0.2, 0.25) is 0 Å². The van der Waals surface area contributed by atoms with E-state index in [9.17, 15) is 19.1 Å². The molecule has 0 saturated carbocycles. The first-order valence-corrected chi connectivity index (χ1v) is 6.26. The Bertz CT molecular complexity index is 646. The van der Waals surface area contributed by atoms with E-state index in [2.05, 4.69) is 10.3 Å². The third-order valence-corrected chi connectivity index (χ3v) is 2.89. The first-order chi connectivity index (χ1) is 10.1. The molecule has 1 unspecified atom stereocenters. The van der Waals surface area contributed by atoms with Crippen LogP contribution in [-0.4, -0.2) is 28.0 Å². The van der Waals surface area contributed by atoms with Crippen LogP contribution in [0.15, 0.2) is 48.7 Å². The summed E-state index contributed by atoms with van der Waals surface area (Å²) in [7, 11) is 0. The molecule has 0 bridgehead atoms. The molecule has 0 saturated heterocycles. The summed E-state index contributed by atoms with van der Waals surface area (Å²) < 4.78 is 13.4. The lowest BCUT2D eigenvalue weighted by Crippen LogP contribution is -2.42. The van der Waals surface area contributed by atoms with E-state index >= 15 is 0 Å². The molecule has 1 aromatic heterocycles. The summed E-state index contributed by atoms with van der Waals surface area (Å²) in [5, 5.41) is 11.5. The molecule has 6 heteroatoms. The van der Waals surface area contributed by atoms with Gasteiger partial charge in [0.05, 0.1) is 5.56 Å². The van der Waals surface area contributed by atoms with Crippen molar-refractivity contribution in [2.45, 2.75) is 12.5 Å². The number of carbonyl (C=O) groups is 2. The van der Waals surface area contributed by atoms with E-state index in [1.54, 1.807) is 24.3 Å². The summed E-state index contributed by atoms with van der Waals surface area (Å²) in [5.74, 6) is -2.92. The summed E-state index contributed by atoms with van der Waals surface area (Å²) in [6, 6.07) is 10.4. The van der Waals surface area contributed by atoms with Gasteiger partial charge < -0.3 is 10.4 Å². The van der Waals surface area contributed by atoms with E-state index in [4.69, 9.17) is 0 Å². The maximum atomic E-state index is 13.4. The van der Waals surface area contributed by atoms with Gasteiger partial charge in [0.1, 0.15) is 6.04 Å². The fourth-order valence-corrected chi connectivity index (χ4v) is 1.84. The number of aromatic nitrogens is 1. The number of carboxylic acids is 1. The van der Waals surface area contributed by atoms with Gasteiger partial charge >= 0.3 is 5.97 Å². The van der Waals surface area contributed by atoms with Crippen molar-refractivity contribution >= 4 is 11.9 Å². The SMILES string of the molecule is O=C(NC(Cc1ccccc1)C(=O)O)c1cccnc1F. The monoisotopic (exact) mass is 288 g/mol. The molecular formula is C15H13FN2O3. The van der Waals surface area contributed by atoms with Crippen LogP contribution in [0.4, 0.5) is 4.39 Å². The highest BCUT2D eigenvalue weighted by Crippen LogP contribution is 2.07. The van der Waals surface area contributed by atoms with Crippen LogP contribution in [-0.2, 0) is 11.2 Å². The molecule has 0 aliphatic carbocycles. The summed E-state index contributed by atoms with van der Waals surface area (Å²) >= 11 is 0. The van der Waals surface area contributed by atoms with Crippen molar-refractivity contribution in [1.82, 2.24) is 10.3 Å². The van der Waals surface area contributed by atoms with Crippen LogP contribution in [0.3, 0.4) is 0 Å². The van der Waals surface area contributed by atoms with E-state index < -0.39 is 23.9 Å². The summed E-state index contributed by atoms with van der Waals surface area (Å²) in [5.41, 5.74) is 0.480. The Morgan fingerprint density at radius 2 is 1.90 bits per heavy atom. The van der Waals surface area contributed by atoms with Gasteiger partial charge in [-0.15, -0.1) is 0 Å². The Kier molecular flexibility index (Phi) is 4.61. The first-order valence-electron chi connectivity index (χ1n) is 6.26. The number of nitrogens with one attached hydrogen (secondary N) is 1. The van der Waals surface area contributed by atoms with Gasteiger partial charge in [-0.25, -0.2) is 9.78 Å². The molecular weight excluding hydrogens is 275 g/mol. The molecule has 108 valence electrons. The van der Waals surface area contributed by atoms with Gasteiger partial charge in [-0.05, 0) is 17.7 Å². The van der Waals surface area contributed by atoms with Gasteiger partial charge in [0, 0.05) is 12.6 Å². The third-order valence-electron chi connectivity index (χ3n) is 2.89. The van der Waals surface area contributed by atoms with Crippen LogP contribution < -0.4 is 5.32 Å². The molecule has 1 heterocycles. The van der Waals surface area contributed by atoms with Crippen molar-refractivity contribution in [3.63, 3.8) is 0 Å². The zero-order chi connectivity index (χ0) is 15.2. The zero-order valence-electron chi connectivity index (χ0n) is 11.0. The molecule has 2 aromatic rings. The van der Waals surface area contributed by atoms with Crippen LogP contribution in [0.1, 0.15) is 15.9 Å².